The number of hydrogen-bond acceptors (Lipinski definition) is 3. The van der Waals surface area contributed by atoms with E-state index in [1.165, 1.54) is 45.3 Å². The van der Waals surface area contributed by atoms with Crippen LogP contribution in [0.2, 0.25) is 0 Å². The van der Waals surface area contributed by atoms with Crippen LogP contribution in [0.3, 0.4) is 0 Å². The smallest absolute Gasteiger partial charge is 0.191 e. The molecule has 2 N–H and O–H groups in total. The standard InChI is InChI=1S/C20H34N4O.HI/c1-2-21-20(22-13-6-7-15-24-16-8-9-17-24)23-14-10-18-25-19-11-4-3-5-12-19;/h3-5,11-12H,2,6-10,13-18H2,1H3,(H2,21,22,23);1H. The van der Waals surface area contributed by atoms with E-state index in [4.69, 9.17) is 4.74 Å². The van der Waals surface area contributed by atoms with Gasteiger partial charge >= 0.3 is 0 Å². The fraction of sp³-hybridized carbons (Fsp3) is 0.650. The molecule has 0 atom stereocenters. The molecule has 26 heavy (non-hydrogen) atoms. The molecular formula is C20H35IN4O. The zero-order valence-corrected chi connectivity index (χ0v) is 18.4. The van der Waals surface area contributed by atoms with Crippen molar-refractivity contribution in [1.82, 2.24) is 15.5 Å². The fourth-order valence-electron chi connectivity index (χ4n) is 2.98. The Kier molecular flexibility index (Phi) is 13.4. The van der Waals surface area contributed by atoms with E-state index >= 15 is 0 Å². The first-order valence-corrected chi connectivity index (χ1v) is 9.81. The first kappa shape index (κ1) is 23.0. The van der Waals surface area contributed by atoms with Crippen molar-refractivity contribution in [2.75, 3.05) is 45.9 Å². The Morgan fingerprint density at radius 3 is 2.58 bits per heavy atom. The molecule has 1 aromatic rings. The minimum atomic E-state index is 0. The highest BCUT2D eigenvalue weighted by Crippen LogP contribution is 2.08. The number of halogens is 1. The first-order valence-electron chi connectivity index (χ1n) is 9.81. The summed E-state index contributed by atoms with van der Waals surface area (Å²) in [6.45, 7) is 9.28. The van der Waals surface area contributed by atoms with Gasteiger partial charge in [-0.1, -0.05) is 18.2 Å². The maximum atomic E-state index is 5.69. The van der Waals surface area contributed by atoms with Gasteiger partial charge < -0.3 is 20.3 Å². The van der Waals surface area contributed by atoms with Crippen LogP contribution in [0.15, 0.2) is 35.3 Å². The Morgan fingerprint density at radius 2 is 1.85 bits per heavy atom. The van der Waals surface area contributed by atoms with Gasteiger partial charge in [0.25, 0.3) is 0 Å². The summed E-state index contributed by atoms with van der Waals surface area (Å²) in [5, 5.41) is 6.75. The molecule has 1 aliphatic rings. The quantitative estimate of drug-likeness (QED) is 0.223. The Bertz CT molecular complexity index is 478. The average molecular weight is 474 g/mol. The number of ether oxygens (including phenoxy) is 1. The molecule has 1 saturated heterocycles. The van der Waals surface area contributed by atoms with Gasteiger partial charge in [-0.15, -0.1) is 24.0 Å². The van der Waals surface area contributed by atoms with Gasteiger partial charge in [0.15, 0.2) is 5.96 Å². The molecule has 6 heteroatoms. The SMILES string of the molecule is CCNC(=NCCCOc1ccccc1)NCCCCN1CCCC1.I. The van der Waals surface area contributed by atoms with Gasteiger partial charge in [-0.3, -0.25) is 4.99 Å². The zero-order chi connectivity index (χ0) is 17.6. The molecular weight excluding hydrogens is 439 g/mol. The van der Waals surface area contributed by atoms with Gasteiger partial charge in [-0.05, 0) is 64.4 Å². The van der Waals surface area contributed by atoms with E-state index in [-0.39, 0.29) is 24.0 Å². The molecule has 1 heterocycles. The van der Waals surface area contributed by atoms with Crippen molar-refractivity contribution in [2.24, 2.45) is 4.99 Å². The summed E-state index contributed by atoms with van der Waals surface area (Å²) in [6.07, 6.45) is 6.13. The third-order valence-electron chi connectivity index (χ3n) is 4.32. The highest BCUT2D eigenvalue weighted by atomic mass is 127. The molecule has 0 saturated carbocycles. The number of aliphatic imine (C=N–C) groups is 1. The Labute approximate surface area is 176 Å². The number of likely N-dealkylation sites (tertiary alicyclic amines) is 1. The van der Waals surface area contributed by atoms with Crippen molar-refractivity contribution in [2.45, 2.75) is 39.0 Å². The van der Waals surface area contributed by atoms with E-state index in [2.05, 4.69) is 27.4 Å². The molecule has 148 valence electrons. The van der Waals surface area contributed by atoms with Crippen LogP contribution in [-0.4, -0.2) is 56.7 Å². The lowest BCUT2D eigenvalue weighted by atomic mass is 10.3. The summed E-state index contributed by atoms with van der Waals surface area (Å²) in [5.41, 5.74) is 0. The second-order valence-corrected chi connectivity index (χ2v) is 6.46. The highest BCUT2D eigenvalue weighted by molar-refractivity contribution is 14.0. The summed E-state index contributed by atoms with van der Waals surface area (Å²) in [4.78, 5) is 7.20. The zero-order valence-electron chi connectivity index (χ0n) is 16.1. The molecule has 0 amide bonds. The van der Waals surface area contributed by atoms with Crippen molar-refractivity contribution in [3.8, 4) is 5.75 Å². The van der Waals surface area contributed by atoms with Crippen LogP contribution in [0.5, 0.6) is 5.75 Å². The van der Waals surface area contributed by atoms with E-state index in [1.807, 2.05) is 30.3 Å². The number of hydrogen-bond donors (Lipinski definition) is 2. The number of nitrogens with zero attached hydrogens (tertiary/aromatic N) is 2. The van der Waals surface area contributed by atoms with Crippen molar-refractivity contribution < 1.29 is 4.74 Å². The number of para-hydroxylation sites is 1. The number of guanidine groups is 1. The lowest BCUT2D eigenvalue weighted by Gasteiger charge is -2.15. The summed E-state index contributed by atoms with van der Waals surface area (Å²) < 4.78 is 5.69. The number of unbranched alkanes of at least 4 members (excludes halogenated alkanes) is 1. The topological polar surface area (TPSA) is 48.9 Å². The summed E-state index contributed by atoms with van der Waals surface area (Å²) in [5.74, 6) is 1.85. The van der Waals surface area contributed by atoms with Crippen LogP contribution in [0, 0.1) is 0 Å². The summed E-state index contributed by atoms with van der Waals surface area (Å²) in [7, 11) is 0. The van der Waals surface area contributed by atoms with E-state index in [1.54, 1.807) is 0 Å². The van der Waals surface area contributed by atoms with Gasteiger partial charge in [0.05, 0.1) is 6.61 Å². The van der Waals surface area contributed by atoms with Crippen molar-refractivity contribution in [3.05, 3.63) is 30.3 Å². The molecule has 1 fully saturated rings. The minimum Gasteiger partial charge on any atom is -0.494 e. The Morgan fingerprint density at radius 1 is 1.08 bits per heavy atom. The van der Waals surface area contributed by atoms with Gasteiger partial charge in [-0.25, -0.2) is 0 Å². The molecule has 0 radical (unpaired) electrons. The average Bonchev–Trinajstić information content (AvgIpc) is 3.15. The molecule has 0 spiro atoms. The van der Waals surface area contributed by atoms with Crippen LogP contribution in [0.4, 0.5) is 0 Å². The number of nitrogens with one attached hydrogen (secondary N) is 2. The third kappa shape index (κ3) is 10.2. The predicted molar refractivity (Wildman–Crippen MR) is 121 cm³/mol. The lowest BCUT2D eigenvalue weighted by molar-refractivity contribution is 0.313. The molecule has 2 rings (SSSR count). The van der Waals surface area contributed by atoms with E-state index in [0.29, 0.717) is 6.61 Å². The number of benzene rings is 1. The van der Waals surface area contributed by atoms with Crippen molar-refractivity contribution >= 4 is 29.9 Å². The van der Waals surface area contributed by atoms with Crippen molar-refractivity contribution in [3.63, 3.8) is 0 Å². The fourth-order valence-corrected chi connectivity index (χ4v) is 2.98. The molecule has 1 aliphatic heterocycles. The normalized spacial score (nSPS) is 14.7. The van der Waals surface area contributed by atoms with Crippen LogP contribution >= 0.6 is 24.0 Å². The predicted octanol–water partition coefficient (Wildman–Crippen LogP) is 3.50. The molecule has 0 aromatic heterocycles. The molecule has 1 aromatic carbocycles. The second-order valence-electron chi connectivity index (χ2n) is 6.46. The molecule has 0 unspecified atom stereocenters. The molecule has 0 aliphatic carbocycles. The molecule has 0 bridgehead atoms. The lowest BCUT2D eigenvalue weighted by Crippen LogP contribution is -2.38. The summed E-state index contributed by atoms with van der Waals surface area (Å²) >= 11 is 0. The first-order chi connectivity index (χ1) is 12.4. The minimum absolute atomic E-state index is 0. The monoisotopic (exact) mass is 474 g/mol. The van der Waals surface area contributed by atoms with Crippen LogP contribution in [-0.2, 0) is 0 Å². The highest BCUT2D eigenvalue weighted by Gasteiger charge is 2.09. The van der Waals surface area contributed by atoms with Gasteiger partial charge in [0, 0.05) is 26.1 Å². The molecule has 5 nitrogen and oxygen atoms in total. The van der Waals surface area contributed by atoms with Crippen LogP contribution in [0.25, 0.3) is 0 Å². The van der Waals surface area contributed by atoms with E-state index < -0.39 is 0 Å². The Hall–Kier alpha value is -1.02. The maximum Gasteiger partial charge on any atom is 0.191 e. The van der Waals surface area contributed by atoms with E-state index in [9.17, 15) is 0 Å². The van der Waals surface area contributed by atoms with Crippen LogP contribution < -0.4 is 15.4 Å². The van der Waals surface area contributed by atoms with Gasteiger partial charge in [-0.2, -0.15) is 0 Å². The Balaban J connectivity index is 0.00000338. The summed E-state index contributed by atoms with van der Waals surface area (Å²) in [6, 6.07) is 9.94. The van der Waals surface area contributed by atoms with Crippen molar-refractivity contribution in [1.29, 1.82) is 0 Å². The number of rotatable bonds is 11. The maximum absolute atomic E-state index is 5.69. The van der Waals surface area contributed by atoms with E-state index in [0.717, 1.165) is 37.8 Å². The third-order valence-corrected chi connectivity index (χ3v) is 4.32. The van der Waals surface area contributed by atoms with Gasteiger partial charge in [0.2, 0.25) is 0 Å². The second kappa shape index (κ2) is 15.1. The van der Waals surface area contributed by atoms with Crippen LogP contribution in [0.1, 0.15) is 39.0 Å². The largest absolute Gasteiger partial charge is 0.494 e. The van der Waals surface area contributed by atoms with Gasteiger partial charge in [0.1, 0.15) is 5.75 Å².